The maximum Gasteiger partial charge on any atom is 0.306 e. The van der Waals surface area contributed by atoms with Crippen LogP contribution >= 0.6 is 0 Å². The first-order chi connectivity index (χ1) is 12.0. The Kier molecular flexibility index (Phi) is 7.18. The summed E-state index contributed by atoms with van der Waals surface area (Å²) in [6.07, 6.45) is 5.25. The summed E-state index contributed by atoms with van der Waals surface area (Å²) >= 11 is 0. The molecular formula is C21H31NO3. The van der Waals surface area contributed by atoms with Crippen LogP contribution in [0.1, 0.15) is 74.2 Å². The SMILES string of the molecule is CCC(CC(C)c1ccc(C(=O)C2CCC(CN)CC2)cc1)C(=O)O. The third-order valence-corrected chi connectivity index (χ3v) is 5.80. The van der Waals surface area contributed by atoms with Crippen LogP contribution < -0.4 is 5.73 Å². The number of carbonyl (C=O) groups is 2. The van der Waals surface area contributed by atoms with Gasteiger partial charge in [0, 0.05) is 11.5 Å². The average molecular weight is 345 g/mol. The van der Waals surface area contributed by atoms with Crippen molar-refractivity contribution < 1.29 is 14.7 Å². The van der Waals surface area contributed by atoms with E-state index in [2.05, 4.69) is 6.92 Å². The standard InChI is InChI=1S/C21H31NO3/c1-3-16(21(24)25)12-14(2)17-8-10-19(11-9-17)20(23)18-6-4-15(13-22)5-7-18/h8-11,14-16,18H,3-7,12-13,22H2,1-2H3,(H,24,25). The van der Waals surface area contributed by atoms with Gasteiger partial charge in [0.25, 0.3) is 0 Å². The Bertz CT molecular complexity index is 573. The van der Waals surface area contributed by atoms with Crippen LogP contribution in [0, 0.1) is 17.8 Å². The van der Waals surface area contributed by atoms with Gasteiger partial charge in [0.15, 0.2) is 5.78 Å². The molecule has 1 aromatic rings. The van der Waals surface area contributed by atoms with Gasteiger partial charge >= 0.3 is 5.97 Å². The summed E-state index contributed by atoms with van der Waals surface area (Å²) in [6, 6.07) is 7.78. The first kappa shape index (κ1) is 19.6. The quantitative estimate of drug-likeness (QED) is 0.691. The highest BCUT2D eigenvalue weighted by Gasteiger charge is 2.26. The molecule has 138 valence electrons. The highest BCUT2D eigenvalue weighted by Crippen LogP contribution is 2.31. The molecule has 1 aliphatic rings. The zero-order valence-corrected chi connectivity index (χ0v) is 15.4. The number of hydrogen-bond acceptors (Lipinski definition) is 3. The highest BCUT2D eigenvalue weighted by atomic mass is 16.4. The number of hydrogen-bond donors (Lipinski definition) is 2. The van der Waals surface area contributed by atoms with Crippen molar-refractivity contribution in [1.82, 2.24) is 0 Å². The van der Waals surface area contributed by atoms with Crippen molar-refractivity contribution in [2.24, 2.45) is 23.5 Å². The predicted octanol–water partition coefficient (Wildman–Crippen LogP) is 4.24. The van der Waals surface area contributed by atoms with Crippen molar-refractivity contribution in [1.29, 1.82) is 0 Å². The van der Waals surface area contributed by atoms with Gasteiger partial charge in [-0.05, 0) is 62.5 Å². The van der Waals surface area contributed by atoms with E-state index in [1.54, 1.807) is 0 Å². The number of carboxylic acid groups (broad SMARTS) is 1. The van der Waals surface area contributed by atoms with Gasteiger partial charge in [-0.2, -0.15) is 0 Å². The van der Waals surface area contributed by atoms with E-state index >= 15 is 0 Å². The minimum Gasteiger partial charge on any atom is -0.481 e. The van der Waals surface area contributed by atoms with Crippen LogP contribution in [-0.2, 0) is 4.79 Å². The molecule has 1 aliphatic carbocycles. The summed E-state index contributed by atoms with van der Waals surface area (Å²) in [6.45, 7) is 4.69. The van der Waals surface area contributed by atoms with Gasteiger partial charge in [0.05, 0.1) is 5.92 Å². The fourth-order valence-electron chi connectivity index (χ4n) is 3.88. The topological polar surface area (TPSA) is 80.4 Å². The number of Topliss-reactive ketones (excluding diaryl/α,β-unsaturated/α-hetero) is 1. The van der Waals surface area contributed by atoms with Crippen molar-refractivity contribution in [3.8, 4) is 0 Å². The van der Waals surface area contributed by atoms with Gasteiger partial charge in [0.2, 0.25) is 0 Å². The molecule has 0 radical (unpaired) electrons. The molecule has 4 heteroatoms. The molecule has 3 N–H and O–H groups in total. The van der Waals surface area contributed by atoms with Crippen LogP contribution in [-0.4, -0.2) is 23.4 Å². The number of benzene rings is 1. The molecule has 1 saturated carbocycles. The maximum absolute atomic E-state index is 12.7. The number of rotatable bonds is 8. The van der Waals surface area contributed by atoms with E-state index in [1.165, 1.54) is 0 Å². The molecule has 0 heterocycles. The predicted molar refractivity (Wildman–Crippen MR) is 99.7 cm³/mol. The Morgan fingerprint density at radius 2 is 1.76 bits per heavy atom. The lowest BCUT2D eigenvalue weighted by Crippen LogP contribution is -2.25. The van der Waals surface area contributed by atoms with Crippen LogP contribution in [0.2, 0.25) is 0 Å². The summed E-state index contributed by atoms with van der Waals surface area (Å²) in [5, 5.41) is 9.21. The van der Waals surface area contributed by atoms with Gasteiger partial charge in [-0.25, -0.2) is 0 Å². The first-order valence-electron chi connectivity index (χ1n) is 9.53. The van der Waals surface area contributed by atoms with Crippen molar-refractivity contribution in [2.45, 2.75) is 58.3 Å². The molecule has 2 atom stereocenters. The zero-order chi connectivity index (χ0) is 18.4. The number of carboxylic acids is 1. The largest absolute Gasteiger partial charge is 0.481 e. The van der Waals surface area contributed by atoms with E-state index in [9.17, 15) is 14.7 Å². The number of carbonyl (C=O) groups excluding carboxylic acids is 1. The summed E-state index contributed by atoms with van der Waals surface area (Å²) in [5.41, 5.74) is 7.60. The lowest BCUT2D eigenvalue weighted by atomic mass is 9.78. The molecule has 1 aromatic carbocycles. The molecular weight excluding hydrogens is 314 g/mol. The Morgan fingerprint density at radius 3 is 2.24 bits per heavy atom. The molecule has 0 saturated heterocycles. The molecule has 4 nitrogen and oxygen atoms in total. The van der Waals surface area contributed by atoms with E-state index in [4.69, 9.17) is 5.73 Å². The smallest absolute Gasteiger partial charge is 0.306 e. The van der Waals surface area contributed by atoms with Gasteiger partial charge in [-0.3, -0.25) is 9.59 Å². The van der Waals surface area contributed by atoms with Crippen LogP contribution in [0.4, 0.5) is 0 Å². The second-order valence-electron chi connectivity index (χ2n) is 7.52. The lowest BCUT2D eigenvalue weighted by molar-refractivity contribution is -0.142. The van der Waals surface area contributed by atoms with Crippen LogP contribution in [0.3, 0.4) is 0 Å². The van der Waals surface area contributed by atoms with E-state index in [0.717, 1.165) is 43.4 Å². The summed E-state index contributed by atoms with van der Waals surface area (Å²) in [5.74, 6) is 0.0793. The Balaban J connectivity index is 1.97. The van der Waals surface area contributed by atoms with E-state index in [0.29, 0.717) is 18.8 Å². The highest BCUT2D eigenvalue weighted by molar-refractivity contribution is 5.97. The molecule has 0 amide bonds. The second-order valence-corrected chi connectivity index (χ2v) is 7.52. The van der Waals surface area contributed by atoms with Crippen molar-refractivity contribution in [2.75, 3.05) is 6.54 Å². The molecule has 0 spiro atoms. The third-order valence-electron chi connectivity index (χ3n) is 5.80. The fourth-order valence-corrected chi connectivity index (χ4v) is 3.88. The van der Waals surface area contributed by atoms with E-state index in [-0.39, 0.29) is 23.5 Å². The number of ketones is 1. The Morgan fingerprint density at radius 1 is 1.16 bits per heavy atom. The summed E-state index contributed by atoms with van der Waals surface area (Å²) in [7, 11) is 0. The van der Waals surface area contributed by atoms with E-state index < -0.39 is 5.97 Å². The monoisotopic (exact) mass is 345 g/mol. The number of nitrogens with two attached hydrogens (primary N) is 1. The molecule has 0 aliphatic heterocycles. The normalized spacial score (nSPS) is 23.0. The molecule has 0 bridgehead atoms. The fraction of sp³-hybridized carbons (Fsp3) is 0.619. The molecule has 0 aromatic heterocycles. The third kappa shape index (κ3) is 5.15. The minimum absolute atomic E-state index is 0.127. The number of aliphatic carboxylic acids is 1. The zero-order valence-electron chi connectivity index (χ0n) is 15.4. The Hall–Kier alpha value is -1.68. The van der Waals surface area contributed by atoms with Crippen LogP contribution in [0.5, 0.6) is 0 Å². The first-order valence-corrected chi connectivity index (χ1v) is 9.53. The summed E-state index contributed by atoms with van der Waals surface area (Å²) in [4.78, 5) is 23.9. The van der Waals surface area contributed by atoms with E-state index in [1.807, 2.05) is 31.2 Å². The van der Waals surface area contributed by atoms with Crippen molar-refractivity contribution in [3.63, 3.8) is 0 Å². The second kappa shape index (κ2) is 9.14. The molecule has 2 unspecified atom stereocenters. The van der Waals surface area contributed by atoms with Gasteiger partial charge in [-0.1, -0.05) is 38.1 Å². The van der Waals surface area contributed by atoms with Crippen molar-refractivity contribution in [3.05, 3.63) is 35.4 Å². The average Bonchev–Trinajstić information content (AvgIpc) is 2.65. The Labute approximate surface area is 150 Å². The summed E-state index contributed by atoms with van der Waals surface area (Å²) < 4.78 is 0. The minimum atomic E-state index is -0.728. The van der Waals surface area contributed by atoms with Gasteiger partial charge in [-0.15, -0.1) is 0 Å². The molecule has 1 fully saturated rings. The van der Waals surface area contributed by atoms with Gasteiger partial charge in [0.1, 0.15) is 0 Å². The van der Waals surface area contributed by atoms with Crippen molar-refractivity contribution >= 4 is 11.8 Å². The lowest BCUT2D eigenvalue weighted by Gasteiger charge is -2.26. The van der Waals surface area contributed by atoms with Crippen LogP contribution in [0.25, 0.3) is 0 Å². The van der Waals surface area contributed by atoms with Crippen LogP contribution in [0.15, 0.2) is 24.3 Å². The van der Waals surface area contributed by atoms with Gasteiger partial charge < -0.3 is 10.8 Å². The maximum atomic E-state index is 12.7. The molecule has 2 rings (SSSR count). The molecule has 25 heavy (non-hydrogen) atoms.